The number of nitrogens with two attached hydrogens (primary N) is 1. The largest absolute Gasteiger partial charge is 0.377 e. The molecule has 1 atom stereocenters. The molecule has 8 heteroatoms. The molecule has 0 aliphatic heterocycles. The van der Waals surface area contributed by atoms with Crippen molar-refractivity contribution in [1.82, 2.24) is 14.9 Å². The topological polar surface area (TPSA) is 110 Å². The van der Waals surface area contributed by atoms with E-state index in [2.05, 4.69) is 14.9 Å². The number of hydrogen-bond acceptors (Lipinski definition) is 5. The Kier molecular flexibility index (Phi) is 5.27. The number of H-pyrrole nitrogens is 1. The first-order chi connectivity index (χ1) is 8.42. The van der Waals surface area contributed by atoms with E-state index in [4.69, 9.17) is 10.5 Å². The summed E-state index contributed by atoms with van der Waals surface area (Å²) >= 11 is 0. The lowest BCUT2D eigenvalue weighted by Gasteiger charge is -2.12. The molecule has 0 aliphatic carbocycles. The van der Waals surface area contributed by atoms with Gasteiger partial charge in [0, 0.05) is 31.0 Å². The van der Waals surface area contributed by atoms with Gasteiger partial charge in [0.1, 0.15) is 0 Å². The molecule has 1 aromatic rings. The molecule has 1 unspecified atom stereocenters. The fourth-order valence-electron chi connectivity index (χ4n) is 1.53. The van der Waals surface area contributed by atoms with E-state index in [0.29, 0.717) is 17.9 Å². The van der Waals surface area contributed by atoms with Crippen LogP contribution in [-0.4, -0.2) is 37.9 Å². The van der Waals surface area contributed by atoms with Gasteiger partial charge in [-0.15, -0.1) is 0 Å². The monoisotopic (exact) mass is 276 g/mol. The van der Waals surface area contributed by atoms with Gasteiger partial charge in [-0.25, -0.2) is 13.1 Å². The third kappa shape index (κ3) is 3.52. The molecular weight excluding hydrogens is 256 g/mol. The smallest absolute Gasteiger partial charge is 0.260 e. The summed E-state index contributed by atoms with van der Waals surface area (Å²) in [7, 11) is -3.65. The summed E-state index contributed by atoms with van der Waals surface area (Å²) in [4.78, 5) is 0. The maximum absolute atomic E-state index is 12.0. The number of aromatic nitrogens is 2. The molecule has 0 aliphatic rings. The fraction of sp³-hybridized carbons (Fsp3) is 0.700. The Hall–Kier alpha value is -0.960. The molecule has 0 radical (unpaired) electrons. The van der Waals surface area contributed by atoms with E-state index in [-0.39, 0.29) is 24.2 Å². The SMILES string of the molecule is CCOC(C)CNS(=O)(=O)c1n[nH]c(C)c1CN. The lowest BCUT2D eigenvalue weighted by atomic mass is 10.3. The van der Waals surface area contributed by atoms with Crippen LogP contribution in [0.3, 0.4) is 0 Å². The number of sulfonamides is 1. The quantitative estimate of drug-likeness (QED) is 0.643. The van der Waals surface area contributed by atoms with E-state index in [1.165, 1.54) is 0 Å². The van der Waals surface area contributed by atoms with Crippen LogP contribution in [0.15, 0.2) is 5.03 Å². The summed E-state index contributed by atoms with van der Waals surface area (Å²) < 4.78 is 31.8. The van der Waals surface area contributed by atoms with Crippen molar-refractivity contribution in [3.05, 3.63) is 11.3 Å². The first kappa shape index (κ1) is 15.1. The Balaban J connectivity index is 2.80. The van der Waals surface area contributed by atoms with Gasteiger partial charge in [-0.3, -0.25) is 5.10 Å². The van der Waals surface area contributed by atoms with E-state index in [1.807, 2.05) is 6.92 Å². The van der Waals surface area contributed by atoms with E-state index < -0.39 is 10.0 Å². The van der Waals surface area contributed by atoms with Gasteiger partial charge >= 0.3 is 0 Å². The number of aryl methyl sites for hydroxylation is 1. The van der Waals surface area contributed by atoms with Gasteiger partial charge in [0.15, 0.2) is 5.03 Å². The molecule has 0 aromatic carbocycles. The van der Waals surface area contributed by atoms with Gasteiger partial charge in [-0.1, -0.05) is 0 Å². The molecule has 1 aromatic heterocycles. The zero-order valence-corrected chi connectivity index (χ0v) is 11.7. The summed E-state index contributed by atoms with van der Waals surface area (Å²) in [5.74, 6) is 0. The van der Waals surface area contributed by atoms with E-state index in [9.17, 15) is 8.42 Å². The highest BCUT2D eigenvalue weighted by atomic mass is 32.2. The predicted molar refractivity (Wildman–Crippen MR) is 67.5 cm³/mol. The average molecular weight is 276 g/mol. The molecule has 0 bridgehead atoms. The van der Waals surface area contributed by atoms with Gasteiger partial charge in [-0.05, 0) is 20.8 Å². The van der Waals surface area contributed by atoms with Crippen LogP contribution >= 0.6 is 0 Å². The highest BCUT2D eigenvalue weighted by molar-refractivity contribution is 7.89. The van der Waals surface area contributed by atoms with E-state index >= 15 is 0 Å². The van der Waals surface area contributed by atoms with Crippen molar-refractivity contribution in [2.45, 2.75) is 38.4 Å². The van der Waals surface area contributed by atoms with Crippen molar-refractivity contribution >= 4 is 10.0 Å². The van der Waals surface area contributed by atoms with Gasteiger partial charge < -0.3 is 10.5 Å². The summed E-state index contributed by atoms with van der Waals surface area (Å²) in [6.07, 6.45) is -0.189. The van der Waals surface area contributed by atoms with Crippen LogP contribution < -0.4 is 10.5 Å². The van der Waals surface area contributed by atoms with Crippen LogP contribution in [-0.2, 0) is 21.3 Å². The third-order valence-electron chi connectivity index (χ3n) is 2.51. The van der Waals surface area contributed by atoms with Gasteiger partial charge in [0.2, 0.25) is 0 Å². The Labute approximate surface area is 107 Å². The number of hydrogen-bond donors (Lipinski definition) is 3. The zero-order valence-electron chi connectivity index (χ0n) is 10.9. The summed E-state index contributed by atoms with van der Waals surface area (Å²) in [6.45, 7) is 6.25. The predicted octanol–water partition coefficient (Wildman–Crippen LogP) is -0.120. The first-order valence-corrected chi connectivity index (χ1v) is 7.25. The molecule has 0 amide bonds. The Morgan fingerprint density at radius 2 is 2.22 bits per heavy atom. The molecule has 104 valence electrons. The number of nitrogens with one attached hydrogen (secondary N) is 2. The molecule has 0 saturated carbocycles. The van der Waals surface area contributed by atoms with Crippen molar-refractivity contribution in [3.63, 3.8) is 0 Å². The maximum Gasteiger partial charge on any atom is 0.260 e. The second-order valence-electron chi connectivity index (χ2n) is 3.95. The molecule has 1 heterocycles. The van der Waals surface area contributed by atoms with Crippen LogP contribution in [0.1, 0.15) is 25.1 Å². The molecule has 1 rings (SSSR count). The second kappa shape index (κ2) is 6.28. The summed E-state index contributed by atoms with van der Waals surface area (Å²) in [5.41, 5.74) is 6.69. The lowest BCUT2D eigenvalue weighted by molar-refractivity contribution is 0.0799. The average Bonchev–Trinajstić information content (AvgIpc) is 2.69. The van der Waals surface area contributed by atoms with Gasteiger partial charge in [0.05, 0.1) is 6.10 Å². The highest BCUT2D eigenvalue weighted by Gasteiger charge is 2.23. The molecule has 0 spiro atoms. The molecular formula is C10H20N4O3S. The molecule has 0 fully saturated rings. The minimum atomic E-state index is -3.65. The summed E-state index contributed by atoms with van der Waals surface area (Å²) in [6, 6.07) is 0. The number of aromatic amines is 1. The van der Waals surface area contributed by atoms with Crippen molar-refractivity contribution in [2.75, 3.05) is 13.2 Å². The van der Waals surface area contributed by atoms with Gasteiger partial charge in [-0.2, -0.15) is 5.10 Å². The normalized spacial score (nSPS) is 13.8. The van der Waals surface area contributed by atoms with Crippen molar-refractivity contribution in [1.29, 1.82) is 0 Å². The number of rotatable bonds is 7. The van der Waals surface area contributed by atoms with Crippen molar-refractivity contribution in [2.24, 2.45) is 5.73 Å². The fourth-order valence-corrected chi connectivity index (χ4v) is 2.85. The van der Waals surface area contributed by atoms with Crippen LogP contribution in [0, 0.1) is 6.92 Å². The molecule has 18 heavy (non-hydrogen) atoms. The lowest BCUT2D eigenvalue weighted by Crippen LogP contribution is -2.33. The standard InChI is InChI=1S/C10H20N4O3S/c1-4-17-7(2)6-12-18(15,16)10-9(5-11)8(3)13-14-10/h7,12H,4-6,11H2,1-3H3,(H,13,14). The second-order valence-corrected chi connectivity index (χ2v) is 5.64. The van der Waals surface area contributed by atoms with Crippen LogP contribution in [0.4, 0.5) is 0 Å². The van der Waals surface area contributed by atoms with Crippen LogP contribution in [0.5, 0.6) is 0 Å². The maximum atomic E-state index is 12.0. The molecule has 4 N–H and O–H groups in total. The molecule has 7 nitrogen and oxygen atoms in total. The number of ether oxygens (including phenoxy) is 1. The Morgan fingerprint density at radius 3 is 2.78 bits per heavy atom. The zero-order chi connectivity index (χ0) is 13.8. The third-order valence-corrected chi connectivity index (χ3v) is 3.90. The Morgan fingerprint density at radius 1 is 1.56 bits per heavy atom. The van der Waals surface area contributed by atoms with Crippen LogP contribution in [0.2, 0.25) is 0 Å². The van der Waals surface area contributed by atoms with Gasteiger partial charge in [0.25, 0.3) is 10.0 Å². The Bertz CT molecular complexity index is 483. The highest BCUT2D eigenvalue weighted by Crippen LogP contribution is 2.15. The minimum absolute atomic E-state index is 0.0359. The molecule has 0 saturated heterocycles. The summed E-state index contributed by atoms with van der Waals surface area (Å²) in [5, 5.41) is 6.38. The van der Waals surface area contributed by atoms with Crippen molar-refractivity contribution in [3.8, 4) is 0 Å². The number of nitrogens with zero attached hydrogens (tertiary/aromatic N) is 1. The first-order valence-electron chi connectivity index (χ1n) is 5.77. The van der Waals surface area contributed by atoms with E-state index in [0.717, 1.165) is 0 Å². The van der Waals surface area contributed by atoms with Crippen LogP contribution in [0.25, 0.3) is 0 Å². The van der Waals surface area contributed by atoms with E-state index in [1.54, 1.807) is 13.8 Å². The minimum Gasteiger partial charge on any atom is -0.377 e. The van der Waals surface area contributed by atoms with Crippen molar-refractivity contribution < 1.29 is 13.2 Å².